The Balaban J connectivity index is 2.09. The van der Waals surface area contributed by atoms with Gasteiger partial charge in [-0.3, -0.25) is 4.79 Å². The minimum absolute atomic E-state index is 0.308. The molecule has 1 aromatic carbocycles. The van der Waals surface area contributed by atoms with Crippen molar-refractivity contribution in [2.24, 2.45) is 5.41 Å². The second-order valence-corrected chi connectivity index (χ2v) is 8.93. The summed E-state index contributed by atoms with van der Waals surface area (Å²) in [4.78, 5) is 27.6. The summed E-state index contributed by atoms with van der Waals surface area (Å²) in [7, 11) is 3.41. The van der Waals surface area contributed by atoms with E-state index in [1.54, 1.807) is 0 Å². The molecule has 0 spiro atoms. The summed E-state index contributed by atoms with van der Waals surface area (Å²) < 4.78 is 28.7. The van der Waals surface area contributed by atoms with E-state index in [0.29, 0.717) is 29.1 Å². The molecule has 0 saturated heterocycles. The molecule has 0 aliphatic carbocycles. The van der Waals surface area contributed by atoms with Crippen LogP contribution in [-0.2, 0) is 11.2 Å². The lowest BCUT2D eigenvalue weighted by Gasteiger charge is -2.29. The Bertz CT molecular complexity index is 997. The molecule has 1 aliphatic rings. The van der Waals surface area contributed by atoms with E-state index in [-0.39, 0.29) is 5.91 Å². The monoisotopic (exact) mass is 433 g/mol. The highest BCUT2D eigenvalue weighted by molar-refractivity contribution is 5.90. The molecule has 1 aromatic heterocycles. The van der Waals surface area contributed by atoms with Crippen molar-refractivity contribution >= 4 is 17.6 Å². The minimum atomic E-state index is -0.978. The van der Waals surface area contributed by atoms with Gasteiger partial charge in [0.1, 0.15) is 11.7 Å². The summed E-state index contributed by atoms with van der Waals surface area (Å²) in [5.41, 5.74) is 1.65. The Labute approximate surface area is 180 Å². The maximum atomic E-state index is 13.9. The van der Waals surface area contributed by atoms with Crippen molar-refractivity contribution in [1.82, 2.24) is 20.4 Å². The molecule has 1 aliphatic heterocycles. The van der Waals surface area contributed by atoms with E-state index in [9.17, 15) is 18.4 Å². The van der Waals surface area contributed by atoms with E-state index in [2.05, 4.69) is 15.7 Å². The first-order valence-corrected chi connectivity index (χ1v) is 10.4. The zero-order valence-corrected chi connectivity index (χ0v) is 18.6. The first-order valence-electron chi connectivity index (χ1n) is 10.4. The molecular weight excluding hydrogens is 404 g/mol. The number of fused-ring (bicyclic) bond motifs is 1. The van der Waals surface area contributed by atoms with Gasteiger partial charge in [0.2, 0.25) is 5.91 Å². The number of carbonyl (C=O) groups excluding carboxylic acids is 2. The molecule has 2 amide bonds. The predicted octanol–water partition coefficient (Wildman–Crippen LogP) is 3.32. The quantitative estimate of drug-likeness (QED) is 0.778. The third-order valence-electron chi connectivity index (χ3n) is 5.52. The maximum absolute atomic E-state index is 13.9. The lowest BCUT2D eigenvalue weighted by molar-refractivity contribution is -0.124. The smallest absolute Gasteiger partial charge is 0.343 e. The summed E-state index contributed by atoms with van der Waals surface area (Å²) >= 11 is 0. The van der Waals surface area contributed by atoms with Gasteiger partial charge in [-0.05, 0) is 42.9 Å². The molecule has 9 heteroatoms. The SMILES string of the molecule is CNC(=O)[C@@H](NC(=O)n1nc(-c2ccc(F)c(F)c2)c2c1CCCCN2C)C(C)(C)C. The van der Waals surface area contributed by atoms with Crippen LogP contribution in [0.4, 0.5) is 19.3 Å². The van der Waals surface area contributed by atoms with Crippen LogP contribution in [-0.4, -0.2) is 48.4 Å². The number of nitrogens with one attached hydrogen (secondary N) is 2. The zero-order chi connectivity index (χ0) is 22.9. The summed E-state index contributed by atoms with van der Waals surface area (Å²) in [5.74, 6) is -2.23. The molecule has 0 unspecified atom stereocenters. The van der Waals surface area contributed by atoms with Crippen LogP contribution in [0.15, 0.2) is 18.2 Å². The first kappa shape index (κ1) is 22.7. The van der Waals surface area contributed by atoms with Crippen molar-refractivity contribution in [2.75, 3.05) is 25.5 Å². The number of aromatic nitrogens is 2. The number of hydrogen-bond donors (Lipinski definition) is 2. The van der Waals surface area contributed by atoms with E-state index in [0.717, 1.165) is 31.5 Å². The molecule has 2 aromatic rings. The van der Waals surface area contributed by atoms with Gasteiger partial charge in [-0.2, -0.15) is 9.78 Å². The maximum Gasteiger partial charge on any atom is 0.343 e. The molecule has 31 heavy (non-hydrogen) atoms. The standard InChI is InChI=1S/C22H29F2N5O2/c1-22(2,3)19(20(30)25-4)26-21(31)29-16-8-6-7-11-28(5)18(16)17(27-29)13-9-10-14(23)15(24)12-13/h9-10,12,19H,6-8,11H2,1-5H3,(H,25,30)(H,26,31)/t19-/m1/s1. The highest BCUT2D eigenvalue weighted by Crippen LogP contribution is 2.36. The normalized spacial score (nSPS) is 15.1. The third-order valence-corrected chi connectivity index (χ3v) is 5.52. The van der Waals surface area contributed by atoms with Crippen LogP contribution in [0.25, 0.3) is 11.3 Å². The molecule has 0 saturated carbocycles. The van der Waals surface area contributed by atoms with Crippen molar-refractivity contribution in [3.05, 3.63) is 35.5 Å². The number of hydrogen-bond acceptors (Lipinski definition) is 4. The van der Waals surface area contributed by atoms with E-state index in [1.165, 1.54) is 17.8 Å². The molecule has 1 atom stereocenters. The van der Waals surface area contributed by atoms with Gasteiger partial charge in [0.05, 0.1) is 11.4 Å². The van der Waals surface area contributed by atoms with E-state index >= 15 is 0 Å². The molecule has 2 heterocycles. The van der Waals surface area contributed by atoms with Gasteiger partial charge >= 0.3 is 6.03 Å². The largest absolute Gasteiger partial charge is 0.371 e. The number of benzene rings is 1. The fourth-order valence-electron chi connectivity index (χ4n) is 3.83. The fraction of sp³-hybridized carbons (Fsp3) is 0.500. The van der Waals surface area contributed by atoms with Gasteiger partial charge in [-0.1, -0.05) is 20.8 Å². The molecule has 0 bridgehead atoms. The topological polar surface area (TPSA) is 79.3 Å². The van der Waals surface area contributed by atoms with Gasteiger partial charge < -0.3 is 15.5 Å². The third kappa shape index (κ3) is 4.55. The second kappa shape index (κ2) is 8.64. The van der Waals surface area contributed by atoms with Crippen molar-refractivity contribution < 1.29 is 18.4 Å². The number of amides is 2. The van der Waals surface area contributed by atoms with Gasteiger partial charge in [0.15, 0.2) is 11.6 Å². The van der Waals surface area contributed by atoms with Crippen molar-refractivity contribution in [3.8, 4) is 11.3 Å². The molecule has 168 valence electrons. The summed E-state index contributed by atoms with van der Waals surface area (Å²) in [5, 5.41) is 9.86. The Morgan fingerprint density at radius 3 is 2.48 bits per heavy atom. The lowest BCUT2D eigenvalue weighted by atomic mass is 9.86. The Morgan fingerprint density at radius 2 is 1.87 bits per heavy atom. The highest BCUT2D eigenvalue weighted by Gasteiger charge is 2.34. The van der Waals surface area contributed by atoms with Gasteiger partial charge in [0.25, 0.3) is 0 Å². The Morgan fingerprint density at radius 1 is 1.16 bits per heavy atom. The molecule has 0 radical (unpaired) electrons. The number of anilines is 1. The number of halogens is 2. The van der Waals surface area contributed by atoms with E-state index < -0.39 is 29.1 Å². The summed E-state index contributed by atoms with van der Waals surface area (Å²) in [6.07, 6.45) is 2.38. The van der Waals surface area contributed by atoms with Crippen LogP contribution in [0.2, 0.25) is 0 Å². The van der Waals surface area contributed by atoms with Crippen LogP contribution in [0.3, 0.4) is 0 Å². The van der Waals surface area contributed by atoms with E-state index in [4.69, 9.17) is 0 Å². The van der Waals surface area contributed by atoms with Gasteiger partial charge in [0, 0.05) is 26.2 Å². The van der Waals surface area contributed by atoms with Crippen LogP contribution >= 0.6 is 0 Å². The molecule has 2 N–H and O–H groups in total. The van der Waals surface area contributed by atoms with Crippen LogP contribution < -0.4 is 15.5 Å². The van der Waals surface area contributed by atoms with Gasteiger partial charge in [-0.25, -0.2) is 13.6 Å². The minimum Gasteiger partial charge on any atom is -0.371 e. The predicted molar refractivity (Wildman–Crippen MR) is 115 cm³/mol. The van der Waals surface area contributed by atoms with Crippen molar-refractivity contribution in [3.63, 3.8) is 0 Å². The lowest BCUT2D eigenvalue weighted by Crippen LogP contribution is -2.54. The van der Waals surface area contributed by atoms with Crippen molar-refractivity contribution in [1.29, 1.82) is 0 Å². The Kier molecular flexibility index (Phi) is 6.33. The number of rotatable bonds is 3. The second-order valence-electron chi connectivity index (χ2n) is 8.93. The first-order chi connectivity index (χ1) is 14.5. The zero-order valence-electron chi connectivity index (χ0n) is 18.6. The molecule has 0 fully saturated rings. The summed E-state index contributed by atoms with van der Waals surface area (Å²) in [6, 6.07) is 2.27. The summed E-state index contributed by atoms with van der Waals surface area (Å²) in [6.45, 7) is 6.33. The number of likely N-dealkylation sites (N-methyl/N-ethyl adjacent to an activating group) is 1. The van der Waals surface area contributed by atoms with E-state index in [1.807, 2.05) is 32.7 Å². The average Bonchev–Trinajstić information content (AvgIpc) is 2.99. The van der Waals surface area contributed by atoms with Crippen molar-refractivity contribution in [2.45, 2.75) is 46.1 Å². The van der Waals surface area contributed by atoms with Crippen LogP contribution in [0.1, 0.15) is 39.3 Å². The van der Waals surface area contributed by atoms with Crippen LogP contribution in [0, 0.1) is 17.0 Å². The van der Waals surface area contributed by atoms with Gasteiger partial charge in [-0.15, -0.1) is 0 Å². The molecular formula is C22H29F2N5O2. The van der Waals surface area contributed by atoms with Crippen LogP contribution in [0.5, 0.6) is 0 Å². The number of carbonyl (C=O) groups is 2. The Hall–Kier alpha value is -2.97. The average molecular weight is 434 g/mol. The molecule has 3 rings (SSSR count). The number of nitrogens with zero attached hydrogens (tertiary/aromatic N) is 3. The fourth-order valence-corrected chi connectivity index (χ4v) is 3.83. The molecule has 7 nitrogen and oxygen atoms in total. The highest BCUT2D eigenvalue weighted by atomic mass is 19.2.